The lowest BCUT2D eigenvalue weighted by molar-refractivity contribution is -0.141. The molecule has 184 valence electrons. The number of carboxylic acids is 1. The van der Waals surface area contributed by atoms with Crippen molar-refractivity contribution in [2.45, 2.75) is 17.9 Å². The molecular formula is C25H24F2N2O6. The van der Waals surface area contributed by atoms with E-state index in [1.807, 2.05) is 48.5 Å². The molecule has 3 aliphatic rings. The van der Waals surface area contributed by atoms with Crippen LogP contribution in [0.25, 0.3) is 11.1 Å². The fraction of sp³-hybridized carbons (Fsp3) is 0.400. The second kappa shape index (κ2) is 8.92. The van der Waals surface area contributed by atoms with E-state index < -0.39 is 54.2 Å². The lowest BCUT2D eigenvalue weighted by atomic mass is 9.98. The molecule has 10 heteroatoms. The van der Waals surface area contributed by atoms with Crippen LogP contribution in [0.1, 0.15) is 17.0 Å². The lowest BCUT2D eigenvalue weighted by Gasteiger charge is -2.20. The number of hydrogen-bond donors (Lipinski definition) is 3. The highest BCUT2D eigenvalue weighted by Gasteiger charge is 2.72. The van der Waals surface area contributed by atoms with E-state index in [2.05, 4.69) is 10.6 Å². The molecule has 0 radical (unpaired) electrons. The van der Waals surface area contributed by atoms with E-state index in [-0.39, 0.29) is 25.7 Å². The minimum atomic E-state index is -3.34. The number of ether oxygens (including phenoxy) is 2. The predicted molar refractivity (Wildman–Crippen MR) is 119 cm³/mol. The molecule has 0 aromatic heterocycles. The van der Waals surface area contributed by atoms with Gasteiger partial charge in [0.25, 0.3) is 5.92 Å². The largest absolute Gasteiger partial charge is 0.481 e. The summed E-state index contributed by atoms with van der Waals surface area (Å²) in [5.74, 6) is -9.67. The van der Waals surface area contributed by atoms with Gasteiger partial charge in [-0.3, -0.25) is 9.59 Å². The third-order valence-electron chi connectivity index (χ3n) is 7.03. The Hall–Kier alpha value is -3.53. The van der Waals surface area contributed by atoms with Gasteiger partial charge < -0.3 is 25.2 Å². The van der Waals surface area contributed by atoms with E-state index in [1.54, 1.807) is 0 Å². The number of carbonyl (C=O) groups excluding carboxylic acids is 2. The van der Waals surface area contributed by atoms with Crippen molar-refractivity contribution in [3.8, 4) is 11.1 Å². The van der Waals surface area contributed by atoms with E-state index in [9.17, 15) is 23.2 Å². The van der Waals surface area contributed by atoms with E-state index in [1.165, 1.54) is 0 Å². The van der Waals surface area contributed by atoms with Crippen LogP contribution in [0.4, 0.5) is 13.6 Å². The number of carbonyl (C=O) groups is 3. The fourth-order valence-electron chi connectivity index (χ4n) is 5.07. The van der Waals surface area contributed by atoms with Crippen LogP contribution in [-0.2, 0) is 19.1 Å². The van der Waals surface area contributed by atoms with Crippen LogP contribution in [0.3, 0.4) is 0 Å². The molecule has 2 amide bonds. The Morgan fingerprint density at radius 2 is 1.66 bits per heavy atom. The Labute approximate surface area is 199 Å². The molecule has 0 bridgehead atoms. The van der Waals surface area contributed by atoms with Gasteiger partial charge in [-0.05, 0) is 22.3 Å². The first-order chi connectivity index (χ1) is 16.8. The van der Waals surface area contributed by atoms with E-state index in [0.717, 1.165) is 22.3 Å². The predicted octanol–water partition coefficient (Wildman–Crippen LogP) is 2.62. The molecule has 4 unspecified atom stereocenters. The summed E-state index contributed by atoms with van der Waals surface area (Å²) < 4.78 is 37.9. The van der Waals surface area contributed by atoms with Gasteiger partial charge in [-0.25, -0.2) is 13.6 Å². The highest BCUT2D eigenvalue weighted by atomic mass is 19.3. The molecule has 0 spiro atoms. The molecule has 1 saturated heterocycles. The van der Waals surface area contributed by atoms with Crippen LogP contribution in [-0.4, -0.2) is 61.4 Å². The van der Waals surface area contributed by atoms with Crippen molar-refractivity contribution in [2.24, 2.45) is 17.8 Å². The average Bonchev–Trinajstić information content (AvgIpc) is 3.13. The van der Waals surface area contributed by atoms with Crippen molar-refractivity contribution < 1.29 is 37.7 Å². The van der Waals surface area contributed by atoms with Crippen LogP contribution in [0.2, 0.25) is 0 Å². The number of rotatable bonds is 7. The summed E-state index contributed by atoms with van der Waals surface area (Å²) in [5, 5.41) is 13.9. The molecule has 8 nitrogen and oxygen atoms in total. The quantitative estimate of drug-likeness (QED) is 0.555. The highest BCUT2D eigenvalue weighted by Crippen LogP contribution is 2.55. The SMILES string of the molecule is O=C(NC1COCC1C(=O)NCC1C(C(=O)O)C1(F)F)OCC1c2ccccc2-c2ccccc21. The summed E-state index contributed by atoms with van der Waals surface area (Å²) in [6.45, 7) is -0.280. The summed E-state index contributed by atoms with van der Waals surface area (Å²) in [5.41, 5.74) is 4.34. The van der Waals surface area contributed by atoms with Crippen molar-refractivity contribution in [2.75, 3.05) is 26.4 Å². The maximum atomic E-state index is 13.6. The van der Waals surface area contributed by atoms with Crippen LogP contribution in [0, 0.1) is 17.8 Å². The van der Waals surface area contributed by atoms with Crippen molar-refractivity contribution in [3.05, 3.63) is 59.7 Å². The monoisotopic (exact) mass is 486 g/mol. The molecule has 2 fully saturated rings. The van der Waals surface area contributed by atoms with Gasteiger partial charge in [0.1, 0.15) is 12.5 Å². The zero-order valence-electron chi connectivity index (χ0n) is 18.6. The van der Waals surface area contributed by atoms with Crippen LogP contribution in [0.15, 0.2) is 48.5 Å². The van der Waals surface area contributed by atoms with E-state index in [4.69, 9.17) is 14.6 Å². The Kier molecular flexibility index (Phi) is 5.92. The van der Waals surface area contributed by atoms with E-state index >= 15 is 0 Å². The van der Waals surface area contributed by atoms with Gasteiger partial charge in [-0.2, -0.15) is 0 Å². The third-order valence-corrected chi connectivity index (χ3v) is 7.03. The summed E-state index contributed by atoms with van der Waals surface area (Å²) in [4.78, 5) is 35.9. The average molecular weight is 486 g/mol. The van der Waals surface area contributed by atoms with Gasteiger partial charge in [0.2, 0.25) is 5.91 Å². The Morgan fingerprint density at radius 1 is 1.03 bits per heavy atom. The normalized spacial score (nSPS) is 25.9. The number of benzene rings is 2. The molecular weight excluding hydrogens is 462 g/mol. The third kappa shape index (κ3) is 4.22. The zero-order chi connectivity index (χ0) is 24.7. The molecule has 5 rings (SSSR count). The minimum Gasteiger partial charge on any atom is -0.481 e. The zero-order valence-corrected chi connectivity index (χ0v) is 18.6. The first kappa shape index (κ1) is 23.2. The second-order valence-electron chi connectivity index (χ2n) is 9.06. The van der Waals surface area contributed by atoms with E-state index in [0.29, 0.717) is 0 Å². The van der Waals surface area contributed by atoms with Gasteiger partial charge in [0.05, 0.1) is 31.1 Å². The van der Waals surface area contributed by atoms with Crippen LogP contribution < -0.4 is 10.6 Å². The second-order valence-corrected chi connectivity index (χ2v) is 9.06. The minimum absolute atomic E-state index is 0.00355. The number of carboxylic acid groups (broad SMARTS) is 1. The van der Waals surface area contributed by atoms with Crippen LogP contribution in [0.5, 0.6) is 0 Å². The smallest absolute Gasteiger partial charge is 0.407 e. The highest BCUT2D eigenvalue weighted by molar-refractivity contribution is 5.82. The number of aliphatic carboxylic acids is 1. The lowest BCUT2D eigenvalue weighted by Crippen LogP contribution is -2.47. The van der Waals surface area contributed by atoms with Crippen molar-refractivity contribution >= 4 is 18.0 Å². The maximum absolute atomic E-state index is 13.6. The number of hydrogen-bond acceptors (Lipinski definition) is 5. The number of fused-ring (bicyclic) bond motifs is 3. The Morgan fingerprint density at radius 3 is 2.26 bits per heavy atom. The van der Waals surface area contributed by atoms with Crippen molar-refractivity contribution in [1.29, 1.82) is 0 Å². The topological polar surface area (TPSA) is 114 Å². The number of alkyl carbamates (subject to hydrolysis) is 1. The molecule has 3 N–H and O–H groups in total. The number of alkyl halides is 2. The molecule has 4 atom stereocenters. The number of nitrogens with one attached hydrogen (secondary N) is 2. The molecule has 1 saturated carbocycles. The van der Waals surface area contributed by atoms with Gasteiger partial charge in [0, 0.05) is 12.5 Å². The van der Waals surface area contributed by atoms with Crippen molar-refractivity contribution in [1.82, 2.24) is 10.6 Å². The number of halogens is 2. The Bertz CT molecular complexity index is 1130. The summed E-state index contributed by atoms with van der Waals surface area (Å²) in [6, 6.07) is 15.2. The van der Waals surface area contributed by atoms with Gasteiger partial charge in [-0.15, -0.1) is 0 Å². The fourth-order valence-corrected chi connectivity index (χ4v) is 5.07. The van der Waals surface area contributed by atoms with Gasteiger partial charge >= 0.3 is 12.1 Å². The summed E-state index contributed by atoms with van der Waals surface area (Å²) in [7, 11) is 0. The molecule has 35 heavy (non-hydrogen) atoms. The first-order valence-electron chi connectivity index (χ1n) is 11.4. The standard InChI is InChI=1S/C25H24F2N2O6/c26-25(27)19(21(25)23(31)32)9-28-22(30)18-10-34-12-20(18)29-24(33)35-11-17-15-7-3-1-5-13(15)14-6-2-4-8-16(14)17/h1-8,17-21H,9-12H2,(H,28,30)(H,29,33)(H,31,32). The summed E-state index contributed by atoms with van der Waals surface area (Å²) >= 11 is 0. The number of amides is 2. The van der Waals surface area contributed by atoms with Gasteiger partial charge in [-0.1, -0.05) is 48.5 Å². The molecule has 1 heterocycles. The maximum Gasteiger partial charge on any atom is 0.407 e. The Balaban J connectivity index is 1.15. The molecule has 2 aromatic carbocycles. The molecule has 2 aliphatic carbocycles. The molecule has 2 aromatic rings. The summed E-state index contributed by atoms with van der Waals surface area (Å²) in [6.07, 6.45) is -0.708. The molecule has 1 aliphatic heterocycles. The van der Waals surface area contributed by atoms with Crippen LogP contribution >= 0.6 is 0 Å². The first-order valence-corrected chi connectivity index (χ1v) is 11.4. The van der Waals surface area contributed by atoms with Gasteiger partial charge in [0.15, 0.2) is 0 Å². The van der Waals surface area contributed by atoms with Crippen molar-refractivity contribution in [3.63, 3.8) is 0 Å².